The second-order valence-electron chi connectivity index (χ2n) is 7.46. The molecule has 7 nitrogen and oxygen atoms in total. The Labute approximate surface area is 155 Å². The van der Waals surface area contributed by atoms with Gasteiger partial charge in [-0.1, -0.05) is 11.8 Å². The van der Waals surface area contributed by atoms with Crippen LogP contribution in [-0.4, -0.2) is 33.0 Å². The normalized spacial score (nSPS) is 24.8. The molecule has 1 amide bonds. The molecule has 2 atom stereocenters. The van der Waals surface area contributed by atoms with Crippen LogP contribution < -0.4 is 10.5 Å². The first kappa shape index (κ1) is 18.9. The Balaban J connectivity index is 1.89. The predicted octanol–water partition coefficient (Wildman–Crippen LogP) is 3.64. The Hall–Kier alpha value is -1.84. The number of amides is 1. The van der Waals surface area contributed by atoms with Crippen molar-refractivity contribution in [1.29, 1.82) is 0 Å². The predicted molar refractivity (Wildman–Crippen MR) is 96.1 cm³/mol. The number of nitrogens with one attached hydrogen (secondary N) is 1. The molecule has 0 bridgehead atoms. The maximum absolute atomic E-state index is 14.5. The Kier molecular flexibility index (Phi) is 4.89. The van der Waals surface area contributed by atoms with E-state index in [2.05, 4.69) is 10.3 Å². The Morgan fingerprint density at radius 2 is 2.19 bits per heavy atom. The van der Waals surface area contributed by atoms with E-state index in [0.29, 0.717) is 17.2 Å². The van der Waals surface area contributed by atoms with Gasteiger partial charge >= 0.3 is 6.09 Å². The number of anilines is 1. The Morgan fingerprint density at radius 3 is 2.85 bits per heavy atom. The first-order chi connectivity index (χ1) is 12.1. The lowest BCUT2D eigenvalue weighted by atomic mass is 10.0. The van der Waals surface area contributed by atoms with E-state index in [1.165, 1.54) is 30.0 Å². The van der Waals surface area contributed by atoms with E-state index in [1.807, 2.05) is 0 Å². The van der Waals surface area contributed by atoms with Gasteiger partial charge in [-0.25, -0.2) is 9.18 Å². The number of rotatable bonds is 2. The van der Waals surface area contributed by atoms with Gasteiger partial charge in [-0.3, -0.25) is 20.7 Å². The molecule has 0 unspecified atom stereocenters. The van der Waals surface area contributed by atoms with Crippen LogP contribution in [0, 0.1) is 11.7 Å². The fourth-order valence-corrected chi connectivity index (χ4v) is 4.10. The molecule has 0 saturated heterocycles. The van der Waals surface area contributed by atoms with Gasteiger partial charge in [0.15, 0.2) is 5.17 Å². The molecule has 1 aliphatic carbocycles. The van der Waals surface area contributed by atoms with Crippen molar-refractivity contribution in [2.45, 2.75) is 44.8 Å². The van der Waals surface area contributed by atoms with Gasteiger partial charge in [-0.2, -0.15) is 0 Å². The van der Waals surface area contributed by atoms with E-state index in [9.17, 15) is 19.6 Å². The zero-order valence-corrected chi connectivity index (χ0v) is 15.6. The zero-order valence-electron chi connectivity index (χ0n) is 14.8. The number of thioether (sulfide) groups is 1. The van der Waals surface area contributed by atoms with Crippen molar-refractivity contribution >= 4 is 28.7 Å². The summed E-state index contributed by atoms with van der Waals surface area (Å²) in [4.78, 5) is 16.7. The fourth-order valence-electron chi connectivity index (χ4n) is 3.12. The van der Waals surface area contributed by atoms with Gasteiger partial charge < -0.3 is 4.74 Å². The molecule has 0 spiro atoms. The number of hydrogen-bond donors (Lipinski definition) is 3. The lowest BCUT2D eigenvalue weighted by Gasteiger charge is -2.20. The molecule has 1 saturated carbocycles. The number of aliphatic imine (C=N–C) groups is 1. The average Bonchev–Trinajstić information content (AvgIpc) is 3.19. The summed E-state index contributed by atoms with van der Waals surface area (Å²) in [5.74, 6) is 0.419. The van der Waals surface area contributed by atoms with E-state index in [4.69, 9.17) is 4.74 Å². The standard InChI is InChI=1S/C17H22FN3O4S/c1-16(2,3)25-15(22)19-14-20-17(9-10(17)6-7-26-14)12-8-11(21(23)24)4-5-13(12)18/h4-5,8,10,23-24H,6-7,9H2,1-3H3,(H,19,20,22)/t10-,17+/m1/s1. The van der Waals surface area contributed by atoms with Crippen LogP contribution in [0.15, 0.2) is 23.2 Å². The number of carbonyl (C=O) groups is 1. The maximum Gasteiger partial charge on any atom is 0.413 e. The van der Waals surface area contributed by atoms with Gasteiger partial charge in [-0.05, 0) is 57.7 Å². The van der Waals surface area contributed by atoms with E-state index in [-0.39, 0.29) is 16.8 Å². The highest BCUT2D eigenvalue weighted by molar-refractivity contribution is 8.13. The summed E-state index contributed by atoms with van der Waals surface area (Å²) in [5, 5.41) is 21.4. The molecule has 0 radical (unpaired) electrons. The number of fused-ring (bicyclic) bond motifs is 1. The molecule has 3 N–H and O–H groups in total. The molecule has 3 rings (SSSR count). The quantitative estimate of drug-likeness (QED) is 0.675. The third-order valence-electron chi connectivity index (χ3n) is 4.33. The lowest BCUT2D eigenvalue weighted by molar-refractivity contribution is 0.0290. The molecular formula is C17H22FN3O4S. The van der Waals surface area contributed by atoms with Crippen LogP contribution >= 0.6 is 11.8 Å². The van der Waals surface area contributed by atoms with Crippen LogP contribution in [0.3, 0.4) is 0 Å². The molecule has 1 fully saturated rings. The van der Waals surface area contributed by atoms with Crippen molar-refractivity contribution in [3.63, 3.8) is 0 Å². The van der Waals surface area contributed by atoms with Crippen LogP contribution in [0.4, 0.5) is 14.9 Å². The first-order valence-electron chi connectivity index (χ1n) is 8.31. The summed E-state index contributed by atoms with van der Waals surface area (Å²) in [5.41, 5.74) is -1.09. The molecule has 142 valence electrons. The molecule has 9 heteroatoms. The van der Waals surface area contributed by atoms with Crippen molar-refractivity contribution in [2.24, 2.45) is 10.9 Å². The van der Waals surface area contributed by atoms with Crippen molar-refractivity contribution in [2.75, 3.05) is 11.0 Å². The minimum atomic E-state index is -0.802. The second kappa shape index (κ2) is 6.71. The van der Waals surface area contributed by atoms with Gasteiger partial charge in [0.05, 0.1) is 11.2 Å². The second-order valence-corrected chi connectivity index (χ2v) is 8.54. The third-order valence-corrected chi connectivity index (χ3v) is 5.24. The van der Waals surface area contributed by atoms with Crippen LogP contribution in [0.5, 0.6) is 0 Å². The third kappa shape index (κ3) is 3.94. The highest BCUT2D eigenvalue weighted by atomic mass is 32.2. The largest absolute Gasteiger partial charge is 0.444 e. The number of ether oxygens (including phenoxy) is 1. The topological polar surface area (TPSA) is 94.4 Å². The van der Waals surface area contributed by atoms with E-state index in [0.717, 1.165) is 12.2 Å². The van der Waals surface area contributed by atoms with E-state index >= 15 is 0 Å². The number of benzene rings is 1. The highest BCUT2D eigenvalue weighted by Crippen LogP contribution is 2.59. The molecule has 2 aliphatic rings. The minimum Gasteiger partial charge on any atom is -0.444 e. The molecule has 26 heavy (non-hydrogen) atoms. The van der Waals surface area contributed by atoms with Gasteiger partial charge in [-0.15, -0.1) is 5.23 Å². The lowest BCUT2D eigenvalue weighted by Crippen LogP contribution is -2.35. The van der Waals surface area contributed by atoms with Gasteiger partial charge in [0.25, 0.3) is 0 Å². The number of hydrogen-bond acceptors (Lipinski definition) is 7. The van der Waals surface area contributed by atoms with Crippen LogP contribution in [0.25, 0.3) is 0 Å². The van der Waals surface area contributed by atoms with Crippen molar-refractivity contribution in [3.8, 4) is 0 Å². The molecule has 1 aliphatic heterocycles. The molecule has 0 aromatic heterocycles. The number of halogens is 1. The van der Waals surface area contributed by atoms with E-state index in [1.54, 1.807) is 20.8 Å². The number of carbonyl (C=O) groups excluding carboxylic acids is 1. The summed E-state index contributed by atoms with van der Waals surface area (Å²) in [6.07, 6.45) is 0.855. The summed E-state index contributed by atoms with van der Waals surface area (Å²) in [7, 11) is 0. The Morgan fingerprint density at radius 1 is 1.46 bits per heavy atom. The summed E-state index contributed by atoms with van der Waals surface area (Å²) >= 11 is 1.39. The summed E-state index contributed by atoms with van der Waals surface area (Å²) in [6, 6.07) is 3.82. The number of amidine groups is 1. The van der Waals surface area contributed by atoms with Crippen molar-refractivity contribution in [1.82, 2.24) is 5.32 Å². The maximum atomic E-state index is 14.5. The first-order valence-corrected chi connectivity index (χ1v) is 9.30. The van der Waals surface area contributed by atoms with Crippen molar-refractivity contribution in [3.05, 3.63) is 29.6 Å². The summed E-state index contributed by atoms with van der Waals surface area (Å²) < 4.78 is 19.7. The Bertz CT molecular complexity index is 750. The van der Waals surface area contributed by atoms with Gasteiger partial charge in [0.2, 0.25) is 0 Å². The van der Waals surface area contributed by atoms with Gasteiger partial charge in [0, 0.05) is 11.3 Å². The molecule has 1 heterocycles. The van der Waals surface area contributed by atoms with Crippen LogP contribution in [0.1, 0.15) is 39.2 Å². The number of nitrogens with zero attached hydrogens (tertiary/aromatic N) is 2. The van der Waals surface area contributed by atoms with Crippen LogP contribution in [0.2, 0.25) is 0 Å². The molecular weight excluding hydrogens is 361 g/mol. The summed E-state index contributed by atoms with van der Waals surface area (Å²) in [6.45, 7) is 5.30. The number of alkyl carbamates (subject to hydrolysis) is 1. The SMILES string of the molecule is CC(C)(C)OC(=O)NC1=N[C@@]2(c3cc(N(O)O)ccc3F)C[C@H]2CCS1. The van der Waals surface area contributed by atoms with E-state index < -0.39 is 23.1 Å². The van der Waals surface area contributed by atoms with Gasteiger partial charge in [0.1, 0.15) is 11.4 Å². The monoisotopic (exact) mass is 383 g/mol. The zero-order chi connectivity index (χ0) is 19.1. The smallest absolute Gasteiger partial charge is 0.413 e. The van der Waals surface area contributed by atoms with Crippen molar-refractivity contribution < 1.29 is 24.3 Å². The van der Waals surface area contributed by atoms with Crippen LogP contribution in [-0.2, 0) is 10.3 Å². The molecule has 1 aromatic carbocycles. The minimum absolute atomic E-state index is 0.0496. The highest BCUT2D eigenvalue weighted by Gasteiger charge is 2.57. The molecule has 1 aromatic rings. The fraction of sp³-hybridized carbons (Fsp3) is 0.529. The average molecular weight is 383 g/mol.